The van der Waals surface area contributed by atoms with E-state index in [9.17, 15) is 9.59 Å². The molecule has 0 aliphatic rings. The lowest BCUT2D eigenvalue weighted by Crippen LogP contribution is -2.36. The van der Waals surface area contributed by atoms with Crippen molar-refractivity contribution in [2.24, 2.45) is 0 Å². The van der Waals surface area contributed by atoms with E-state index >= 15 is 0 Å². The summed E-state index contributed by atoms with van der Waals surface area (Å²) in [7, 11) is 0. The summed E-state index contributed by atoms with van der Waals surface area (Å²) in [6.07, 6.45) is 5.10. The number of carbonyl (C=O) groups excluding carboxylic acids is 2. The van der Waals surface area contributed by atoms with Crippen molar-refractivity contribution in [3.05, 3.63) is 65.7 Å². The molecule has 0 radical (unpaired) electrons. The minimum atomic E-state index is -0.621. The third-order valence-corrected chi connectivity index (χ3v) is 5.89. The van der Waals surface area contributed by atoms with E-state index in [4.69, 9.17) is 18.9 Å². The van der Waals surface area contributed by atoms with Gasteiger partial charge in [0.1, 0.15) is 19.0 Å². The Bertz CT molecular complexity index is 887. The first-order valence-corrected chi connectivity index (χ1v) is 13.5. The summed E-state index contributed by atoms with van der Waals surface area (Å²) in [5.74, 6) is 0.354. The normalized spacial score (nSPS) is 11.5. The molecule has 0 heterocycles. The number of unbranched alkanes of at least 4 members (excludes halogenated alkanes) is 4. The maximum atomic E-state index is 12.8. The van der Waals surface area contributed by atoms with Gasteiger partial charge in [0, 0.05) is 19.6 Å². The molecule has 1 unspecified atom stereocenters. The van der Waals surface area contributed by atoms with Gasteiger partial charge in [-0.1, -0.05) is 75.1 Å². The minimum Gasteiger partial charge on any atom is -0.492 e. The molecule has 0 saturated heterocycles. The molecule has 37 heavy (non-hydrogen) atoms. The Kier molecular flexibility index (Phi) is 14.9. The van der Waals surface area contributed by atoms with E-state index in [0.717, 1.165) is 24.0 Å². The molecule has 0 spiro atoms. The van der Waals surface area contributed by atoms with Crippen molar-refractivity contribution in [1.82, 2.24) is 4.90 Å². The maximum absolute atomic E-state index is 12.8. The Morgan fingerprint density at radius 1 is 0.784 bits per heavy atom. The Morgan fingerprint density at radius 3 is 2.19 bits per heavy atom. The highest BCUT2D eigenvalue weighted by molar-refractivity contribution is 5.75. The fourth-order valence-electron chi connectivity index (χ4n) is 3.87. The van der Waals surface area contributed by atoms with Crippen LogP contribution in [0.2, 0.25) is 0 Å². The van der Waals surface area contributed by atoms with Gasteiger partial charge in [0.05, 0.1) is 13.2 Å². The van der Waals surface area contributed by atoms with Crippen LogP contribution in [0.15, 0.2) is 54.6 Å². The van der Waals surface area contributed by atoms with Crippen LogP contribution in [-0.4, -0.2) is 56.0 Å². The zero-order valence-electron chi connectivity index (χ0n) is 22.7. The SMILES string of the molecule is CCCCCCCN(CCOc1ccc(CC(OCC)C(=O)OCC)cc1)C(=O)OCc1ccccc1. The highest BCUT2D eigenvalue weighted by Gasteiger charge is 2.20. The van der Waals surface area contributed by atoms with Gasteiger partial charge in [-0.2, -0.15) is 0 Å². The zero-order valence-corrected chi connectivity index (χ0v) is 22.7. The van der Waals surface area contributed by atoms with E-state index in [1.165, 1.54) is 19.3 Å². The molecule has 0 aliphatic heterocycles. The lowest BCUT2D eigenvalue weighted by Gasteiger charge is -2.22. The third kappa shape index (κ3) is 12.2. The van der Waals surface area contributed by atoms with Crippen molar-refractivity contribution < 1.29 is 28.5 Å². The van der Waals surface area contributed by atoms with E-state index in [2.05, 4.69) is 6.92 Å². The number of carbonyl (C=O) groups is 2. The largest absolute Gasteiger partial charge is 0.492 e. The van der Waals surface area contributed by atoms with Crippen LogP contribution in [0.5, 0.6) is 5.75 Å². The standard InChI is InChI=1S/C30H43NO6/c1-4-7-8-9-13-20-31(30(33)37-24-26-14-11-10-12-15-26)21-22-36-27-18-16-25(17-19-27)23-28(34-5-2)29(32)35-6-3/h10-12,14-19,28H,4-9,13,20-24H2,1-3H3. The molecule has 2 rings (SSSR count). The van der Waals surface area contributed by atoms with Crippen molar-refractivity contribution in [2.75, 3.05) is 32.9 Å². The fraction of sp³-hybridized carbons (Fsp3) is 0.533. The average molecular weight is 514 g/mol. The molecule has 0 saturated carbocycles. The quantitative estimate of drug-likeness (QED) is 0.175. The molecule has 0 fully saturated rings. The summed E-state index contributed by atoms with van der Waals surface area (Å²) in [6.45, 7) is 8.29. The highest BCUT2D eigenvalue weighted by Crippen LogP contribution is 2.16. The van der Waals surface area contributed by atoms with Crippen LogP contribution in [0.1, 0.15) is 64.0 Å². The Hall–Kier alpha value is -3.06. The number of benzene rings is 2. The summed E-state index contributed by atoms with van der Waals surface area (Å²) >= 11 is 0. The molecule has 2 aromatic carbocycles. The van der Waals surface area contributed by atoms with E-state index in [-0.39, 0.29) is 18.7 Å². The summed E-state index contributed by atoms with van der Waals surface area (Å²) in [5, 5.41) is 0. The summed E-state index contributed by atoms with van der Waals surface area (Å²) in [4.78, 5) is 26.6. The van der Waals surface area contributed by atoms with Crippen molar-refractivity contribution in [3.8, 4) is 5.75 Å². The first-order valence-electron chi connectivity index (χ1n) is 13.5. The second-order valence-electron chi connectivity index (χ2n) is 8.83. The molecular formula is C30H43NO6. The van der Waals surface area contributed by atoms with E-state index in [0.29, 0.717) is 45.1 Å². The number of ether oxygens (including phenoxy) is 4. The molecule has 0 aliphatic carbocycles. The topological polar surface area (TPSA) is 74.3 Å². The molecule has 2 aromatic rings. The first kappa shape index (κ1) is 30.2. The second kappa shape index (κ2) is 18.2. The van der Waals surface area contributed by atoms with E-state index < -0.39 is 6.10 Å². The third-order valence-electron chi connectivity index (χ3n) is 5.89. The lowest BCUT2D eigenvalue weighted by molar-refractivity contribution is -0.156. The molecule has 1 amide bonds. The number of esters is 1. The molecule has 204 valence electrons. The van der Waals surface area contributed by atoms with Crippen LogP contribution in [0, 0.1) is 0 Å². The molecule has 0 aromatic heterocycles. The summed E-state index contributed by atoms with van der Waals surface area (Å²) < 4.78 is 22.1. The van der Waals surface area contributed by atoms with Crippen LogP contribution in [0.3, 0.4) is 0 Å². The van der Waals surface area contributed by atoms with Gasteiger partial charge < -0.3 is 23.8 Å². The van der Waals surface area contributed by atoms with E-state index in [1.807, 2.05) is 61.5 Å². The van der Waals surface area contributed by atoms with Crippen molar-refractivity contribution in [1.29, 1.82) is 0 Å². The highest BCUT2D eigenvalue weighted by atomic mass is 16.6. The average Bonchev–Trinajstić information content (AvgIpc) is 2.92. The van der Waals surface area contributed by atoms with Crippen molar-refractivity contribution >= 4 is 12.1 Å². The molecule has 7 nitrogen and oxygen atoms in total. The predicted octanol–water partition coefficient (Wildman–Crippen LogP) is 6.19. The lowest BCUT2D eigenvalue weighted by atomic mass is 10.1. The van der Waals surface area contributed by atoms with Gasteiger partial charge in [0.25, 0.3) is 0 Å². The van der Waals surface area contributed by atoms with Gasteiger partial charge in [0.2, 0.25) is 0 Å². The maximum Gasteiger partial charge on any atom is 0.410 e. The number of amides is 1. The Labute approximate surface area is 222 Å². The first-order chi connectivity index (χ1) is 18.1. The molecule has 7 heteroatoms. The number of rotatable bonds is 18. The zero-order chi connectivity index (χ0) is 26.7. The predicted molar refractivity (Wildman–Crippen MR) is 145 cm³/mol. The molecular weight excluding hydrogens is 470 g/mol. The van der Waals surface area contributed by atoms with Crippen LogP contribution < -0.4 is 4.74 Å². The van der Waals surface area contributed by atoms with Gasteiger partial charge in [0.15, 0.2) is 6.10 Å². The van der Waals surface area contributed by atoms with Gasteiger partial charge in [-0.15, -0.1) is 0 Å². The van der Waals surface area contributed by atoms with Gasteiger partial charge in [-0.3, -0.25) is 0 Å². The smallest absolute Gasteiger partial charge is 0.410 e. The van der Waals surface area contributed by atoms with Crippen molar-refractivity contribution in [2.45, 2.75) is 72.0 Å². The number of hydrogen-bond donors (Lipinski definition) is 0. The fourth-order valence-corrected chi connectivity index (χ4v) is 3.87. The van der Waals surface area contributed by atoms with Crippen molar-refractivity contribution in [3.63, 3.8) is 0 Å². The van der Waals surface area contributed by atoms with Crippen LogP contribution in [0.4, 0.5) is 4.79 Å². The summed E-state index contributed by atoms with van der Waals surface area (Å²) in [6, 6.07) is 17.3. The molecule has 0 bridgehead atoms. The monoisotopic (exact) mass is 513 g/mol. The van der Waals surface area contributed by atoms with Gasteiger partial charge >= 0.3 is 12.1 Å². The Balaban J connectivity index is 1.86. The number of hydrogen-bond acceptors (Lipinski definition) is 6. The second-order valence-corrected chi connectivity index (χ2v) is 8.83. The van der Waals surface area contributed by atoms with Crippen LogP contribution in [0.25, 0.3) is 0 Å². The Morgan fingerprint density at radius 2 is 1.51 bits per heavy atom. The van der Waals surface area contributed by atoms with Crippen LogP contribution >= 0.6 is 0 Å². The van der Waals surface area contributed by atoms with E-state index in [1.54, 1.807) is 11.8 Å². The molecule has 0 N–H and O–H groups in total. The van der Waals surface area contributed by atoms with Gasteiger partial charge in [-0.25, -0.2) is 9.59 Å². The molecule has 1 atom stereocenters. The summed E-state index contributed by atoms with van der Waals surface area (Å²) in [5.41, 5.74) is 1.92. The van der Waals surface area contributed by atoms with Gasteiger partial charge in [-0.05, 0) is 43.5 Å². The minimum absolute atomic E-state index is 0.253. The van der Waals surface area contributed by atoms with Crippen LogP contribution in [-0.2, 0) is 32.0 Å². The number of nitrogens with zero attached hydrogens (tertiary/aromatic N) is 1.